The number of nitrogen functional groups attached to an aromatic ring is 1. The summed E-state index contributed by atoms with van der Waals surface area (Å²) in [6.07, 6.45) is 3.38. The molecule has 94 valence electrons. The lowest BCUT2D eigenvalue weighted by molar-refractivity contribution is -0.123. The van der Waals surface area contributed by atoms with Crippen LogP contribution in [0.15, 0.2) is 18.3 Å². The number of nitrogens with two attached hydrogens (primary N) is 1. The number of amides is 1. The molecule has 1 aromatic rings. The van der Waals surface area contributed by atoms with Gasteiger partial charge in [-0.15, -0.1) is 12.4 Å². The van der Waals surface area contributed by atoms with E-state index in [1.165, 1.54) is 0 Å². The Balaban J connectivity index is 0.00000144. The standard InChI is InChI=1S/C11H15N3O2.ClH/c12-10-4-3-9(6-13-10)14-11(15)8-2-1-5-16-7-8;/h3-4,6,8H,1-2,5,7H2,(H2,12,13)(H,14,15);1H. The number of aromatic nitrogens is 1. The maximum Gasteiger partial charge on any atom is 0.229 e. The molecular formula is C11H16ClN3O2. The molecule has 3 N–H and O–H groups in total. The number of carbonyl (C=O) groups is 1. The van der Waals surface area contributed by atoms with Gasteiger partial charge in [-0.1, -0.05) is 0 Å². The van der Waals surface area contributed by atoms with Crippen LogP contribution in [0.4, 0.5) is 11.5 Å². The van der Waals surface area contributed by atoms with E-state index in [2.05, 4.69) is 10.3 Å². The van der Waals surface area contributed by atoms with Gasteiger partial charge in [0.15, 0.2) is 0 Å². The topological polar surface area (TPSA) is 77.2 Å². The summed E-state index contributed by atoms with van der Waals surface area (Å²) in [5.74, 6) is 0.386. The summed E-state index contributed by atoms with van der Waals surface area (Å²) in [7, 11) is 0. The molecule has 1 saturated heterocycles. The van der Waals surface area contributed by atoms with Crippen LogP contribution in [0.1, 0.15) is 12.8 Å². The Bertz CT molecular complexity index is 363. The van der Waals surface area contributed by atoms with Crippen molar-refractivity contribution < 1.29 is 9.53 Å². The van der Waals surface area contributed by atoms with Crippen molar-refractivity contribution in [1.82, 2.24) is 4.98 Å². The number of ether oxygens (including phenoxy) is 1. The van der Waals surface area contributed by atoms with Crippen LogP contribution in [0.3, 0.4) is 0 Å². The van der Waals surface area contributed by atoms with Crippen LogP contribution in [0.25, 0.3) is 0 Å². The van der Waals surface area contributed by atoms with Crippen molar-refractivity contribution in [3.63, 3.8) is 0 Å². The lowest BCUT2D eigenvalue weighted by Crippen LogP contribution is -2.30. The smallest absolute Gasteiger partial charge is 0.229 e. The van der Waals surface area contributed by atoms with Gasteiger partial charge in [0.25, 0.3) is 0 Å². The van der Waals surface area contributed by atoms with Gasteiger partial charge in [0.2, 0.25) is 5.91 Å². The second-order valence-electron chi connectivity index (χ2n) is 3.88. The third-order valence-corrected chi connectivity index (χ3v) is 2.58. The number of hydrogen-bond acceptors (Lipinski definition) is 4. The van der Waals surface area contributed by atoms with Crippen molar-refractivity contribution in [2.24, 2.45) is 5.92 Å². The average Bonchev–Trinajstić information content (AvgIpc) is 2.33. The number of carbonyl (C=O) groups excluding carboxylic acids is 1. The third kappa shape index (κ3) is 3.87. The van der Waals surface area contributed by atoms with Gasteiger partial charge in [-0.3, -0.25) is 4.79 Å². The molecule has 1 aromatic heterocycles. The highest BCUT2D eigenvalue weighted by atomic mass is 35.5. The van der Waals surface area contributed by atoms with Crippen LogP contribution in [-0.4, -0.2) is 24.1 Å². The van der Waals surface area contributed by atoms with Gasteiger partial charge in [-0.2, -0.15) is 0 Å². The van der Waals surface area contributed by atoms with Crippen molar-refractivity contribution in [3.8, 4) is 0 Å². The van der Waals surface area contributed by atoms with Gasteiger partial charge < -0.3 is 15.8 Å². The normalized spacial score (nSPS) is 19.2. The maximum atomic E-state index is 11.8. The van der Waals surface area contributed by atoms with Crippen molar-refractivity contribution in [3.05, 3.63) is 18.3 Å². The first-order valence-corrected chi connectivity index (χ1v) is 5.36. The highest BCUT2D eigenvalue weighted by Crippen LogP contribution is 2.16. The fraction of sp³-hybridized carbons (Fsp3) is 0.455. The van der Waals surface area contributed by atoms with Gasteiger partial charge in [0.1, 0.15) is 5.82 Å². The van der Waals surface area contributed by atoms with Gasteiger partial charge in [-0.05, 0) is 25.0 Å². The Morgan fingerprint density at radius 1 is 1.53 bits per heavy atom. The zero-order valence-corrected chi connectivity index (χ0v) is 10.2. The molecular weight excluding hydrogens is 242 g/mol. The molecule has 1 aliphatic rings. The first-order valence-electron chi connectivity index (χ1n) is 5.36. The number of hydrogen-bond donors (Lipinski definition) is 2. The Labute approximate surface area is 106 Å². The molecule has 1 unspecified atom stereocenters. The van der Waals surface area contributed by atoms with Gasteiger partial charge in [0, 0.05) is 6.61 Å². The summed E-state index contributed by atoms with van der Waals surface area (Å²) in [4.78, 5) is 15.7. The Morgan fingerprint density at radius 2 is 2.35 bits per heavy atom. The SMILES string of the molecule is Cl.Nc1ccc(NC(=O)C2CCCOC2)cn1. The lowest BCUT2D eigenvalue weighted by Gasteiger charge is -2.21. The molecule has 2 heterocycles. The molecule has 0 spiro atoms. The first kappa shape index (κ1) is 13.7. The van der Waals surface area contributed by atoms with Gasteiger partial charge in [-0.25, -0.2) is 4.98 Å². The minimum Gasteiger partial charge on any atom is -0.384 e. The predicted octanol–water partition coefficient (Wildman–Crippen LogP) is 1.45. The number of rotatable bonds is 2. The molecule has 0 aromatic carbocycles. The summed E-state index contributed by atoms with van der Waals surface area (Å²) in [5.41, 5.74) is 6.13. The second kappa shape index (κ2) is 6.42. The minimum absolute atomic E-state index is 0. The number of pyridine rings is 1. The number of anilines is 2. The quantitative estimate of drug-likeness (QED) is 0.841. The Hall–Kier alpha value is -1.33. The summed E-state index contributed by atoms with van der Waals surface area (Å²) in [6, 6.07) is 3.40. The highest BCUT2D eigenvalue weighted by molar-refractivity contribution is 5.92. The van der Waals surface area contributed by atoms with E-state index in [4.69, 9.17) is 10.5 Å². The predicted molar refractivity (Wildman–Crippen MR) is 68.1 cm³/mol. The third-order valence-electron chi connectivity index (χ3n) is 2.58. The summed E-state index contributed by atoms with van der Waals surface area (Å²) in [5, 5.41) is 2.80. The van der Waals surface area contributed by atoms with Crippen LogP contribution in [-0.2, 0) is 9.53 Å². The van der Waals surface area contributed by atoms with Crippen molar-refractivity contribution in [2.45, 2.75) is 12.8 Å². The molecule has 0 aliphatic carbocycles. The van der Waals surface area contributed by atoms with E-state index in [0.717, 1.165) is 19.4 Å². The van der Waals surface area contributed by atoms with Gasteiger partial charge in [0.05, 0.1) is 24.4 Å². The molecule has 6 heteroatoms. The molecule has 17 heavy (non-hydrogen) atoms. The second-order valence-corrected chi connectivity index (χ2v) is 3.88. The number of halogens is 1. The Morgan fingerprint density at radius 3 is 2.94 bits per heavy atom. The lowest BCUT2D eigenvalue weighted by atomic mass is 10.0. The first-order chi connectivity index (χ1) is 7.75. The zero-order valence-electron chi connectivity index (χ0n) is 9.39. The number of nitrogens with zero attached hydrogens (tertiary/aromatic N) is 1. The van der Waals surface area contributed by atoms with Crippen LogP contribution in [0, 0.1) is 5.92 Å². The van der Waals surface area contributed by atoms with E-state index < -0.39 is 0 Å². The summed E-state index contributed by atoms with van der Waals surface area (Å²) in [6.45, 7) is 1.27. The van der Waals surface area contributed by atoms with E-state index in [-0.39, 0.29) is 24.2 Å². The summed E-state index contributed by atoms with van der Waals surface area (Å²) >= 11 is 0. The summed E-state index contributed by atoms with van der Waals surface area (Å²) < 4.78 is 5.26. The van der Waals surface area contributed by atoms with Crippen LogP contribution in [0.5, 0.6) is 0 Å². The van der Waals surface area contributed by atoms with E-state index >= 15 is 0 Å². The fourth-order valence-corrected chi connectivity index (χ4v) is 1.67. The molecule has 0 bridgehead atoms. The average molecular weight is 258 g/mol. The van der Waals surface area contributed by atoms with E-state index in [9.17, 15) is 4.79 Å². The van der Waals surface area contributed by atoms with E-state index in [0.29, 0.717) is 18.1 Å². The maximum absolute atomic E-state index is 11.8. The van der Waals surface area contributed by atoms with Crippen molar-refractivity contribution in [2.75, 3.05) is 24.3 Å². The van der Waals surface area contributed by atoms with Crippen molar-refractivity contribution >= 4 is 29.8 Å². The zero-order chi connectivity index (χ0) is 11.4. The minimum atomic E-state index is -0.0497. The van der Waals surface area contributed by atoms with Crippen LogP contribution in [0.2, 0.25) is 0 Å². The molecule has 1 aliphatic heterocycles. The Kier molecular flexibility index (Phi) is 5.18. The molecule has 0 saturated carbocycles. The molecule has 1 fully saturated rings. The van der Waals surface area contributed by atoms with Crippen LogP contribution < -0.4 is 11.1 Å². The molecule has 1 atom stereocenters. The van der Waals surface area contributed by atoms with E-state index in [1.807, 2.05) is 0 Å². The van der Waals surface area contributed by atoms with Crippen molar-refractivity contribution in [1.29, 1.82) is 0 Å². The monoisotopic (exact) mass is 257 g/mol. The largest absolute Gasteiger partial charge is 0.384 e. The fourth-order valence-electron chi connectivity index (χ4n) is 1.67. The molecule has 2 rings (SSSR count). The van der Waals surface area contributed by atoms with Crippen LogP contribution >= 0.6 is 12.4 Å². The molecule has 1 amide bonds. The van der Waals surface area contributed by atoms with Gasteiger partial charge >= 0.3 is 0 Å². The number of nitrogens with one attached hydrogen (secondary N) is 1. The molecule has 5 nitrogen and oxygen atoms in total. The molecule has 0 radical (unpaired) electrons. The van der Waals surface area contributed by atoms with E-state index in [1.54, 1.807) is 18.3 Å². The highest BCUT2D eigenvalue weighted by Gasteiger charge is 2.21.